The minimum Gasteiger partial charge on any atom is -0.383 e. The molecule has 0 bridgehead atoms. The zero-order chi connectivity index (χ0) is 18.5. The summed E-state index contributed by atoms with van der Waals surface area (Å²) in [5, 5.41) is 0. The predicted octanol–water partition coefficient (Wildman–Crippen LogP) is 5.39. The molecule has 156 valence electrons. The molecule has 0 radical (unpaired) electrons. The molecule has 28 heavy (non-hydrogen) atoms. The van der Waals surface area contributed by atoms with Crippen LogP contribution in [0.3, 0.4) is 0 Å². The van der Waals surface area contributed by atoms with E-state index < -0.39 is 0 Å². The molecule has 4 heteroatoms. The van der Waals surface area contributed by atoms with Gasteiger partial charge in [-0.25, -0.2) is 0 Å². The molecule has 0 unspecified atom stereocenters. The van der Waals surface area contributed by atoms with Crippen molar-refractivity contribution in [2.24, 2.45) is 5.41 Å². The van der Waals surface area contributed by atoms with Gasteiger partial charge in [0, 0.05) is 51.1 Å². The van der Waals surface area contributed by atoms with Crippen LogP contribution in [0.4, 0.5) is 5.69 Å². The number of hydrogen-bond acceptors (Lipinski definition) is 3. The van der Waals surface area contributed by atoms with Crippen LogP contribution in [-0.2, 0) is 4.74 Å². The van der Waals surface area contributed by atoms with Gasteiger partial charge in [0.15, 0.2) is 0 Å². The maximum absolute atomic E-state index is 5.24. The van der Waals surface area contributed by atoms with Crippen LogP contribution in [0.15, 0.2) is 30.3 Å². The number of nitrogens with zero attached hydrogens (tertiary/aromatic N) is 2. The van der Waals surface area contributed by atoms with Crippen molar-refractivity contribution in [3.63, 3.8) is 0 Å². The lowest BCUT2D eigenvalue weighted by Gasteiger charge is -2.41. The number of para-hydroxylation sites is 1. The number of hydrogen-bond donors (Lipinski definition) is 0. The van der Waals surface area contributed by atoms with Gasteiger partial charge >= 0.3 is 0 Å². The summed E-state index contributed by atoms with van der Waals surface area (Å²) in [4.78, 5) is 5.12. The Balaban J connectivity index is 0.00000225. The lowest BCUT2D eigenvalue weighted by Crippen LogP contribution is -2.47. The molecule has 2 fully saturated rings. The first kappa shape index (κ1) is 21.7. The molecule has 1 heterocycles. The van der Waals surface area contributed by atoms with Crippen LogP contribution < -0.4 is 4.90 Å². The number of allylic oxidation sites excluding steroid dienone is 2. The van der Waals surface area contributed by atoms with Crippen molar-refractivity contribution in [2.75, 3.05) is 51.3 Å². The van der Waals surface area contributed by atoms with E-state index in [1.807, 2.05) is 0 Å². The third kappa shape index (κ3) is 4.93. The minimum absolute atomic E-state index is 0. The number of piperazine rings is 1. The average molecular weight is 405 g/mol. The van der Waals surface area contributed by atoms with Crippen LogP contribution in [0, 0.1) is 5.41 Å². The highest BCUT2D eigenvalue weighted by molar-refractivity contribution is 5.85. The summed E-state index contributed by atoms with van der Waals surface area (Å²) in [6.07, 6.45) is 13.9. The predicted molar refractivity (Wildman–Crippen MR) is 122 cm³/mol. The monoisotopic (exact) mass is 404 g/mol. The van der Waals surface area contributed by atoms with Crippen molar-refractivity contribution >= 4 is 23.7 Å². The van der Waals surface area contributed by atoms with Crippen molar-refractivity contribution in [3.05, 3.63) is 35.9 Å². The van der Waals surface area contributed by atoms with Gasteiger partial charge in [-0.15, -0.1) is 12.4 Å². The van der Waals surface area contributed by atoms with Crippen LogP contribution in [-0.4, -0.2) is 51.3 Å². The molecule has 1 aliphatic heterocycles. The lowest BCUT2D eigenvalue weighted by molar-refractivity contribution is 0.144. The van der Waals surface area contributed by atoms with E-state index in [9.17, 15) is 0 Å². The van der Waals surface area contributed by atoms with E-state index in [1.165, 1.54) is 62.6 Å². The van der Waals surface area contributed by atoms with Crippen molar-refractivity contribution in [3.8, 4) is 0 Å². The molecule has 0 aromatic heterocycles. The second-order valence-electron chi connectivity index (χ2n) is 8.83. The Labute approximate surface area is 177 Å². The zero-order valence-corrected chi connectivity index (χ0v) is 18.3. The first-order valence-electron chi connectivity index (χ1n) is 11.0. The van der Waals surface area contributed by atoms with Gasteiger partial charge < -0.3 is 9.64 Å². The Kier molecular flexibility index (Phi) is 7.85. The molecule has 4 rings (SSSR count). The zero-order valence-electron chi connectivity index (χ0n) is 17.5. The first-order chi connectivity index (χ1) is 13.3. The number of ether oxygens (including phenoxy) is 1. The van der Waals surface area contributed by atoms with Gasteiger partial charge in [-0.2, -0.15) is 0 Å². The Morgan fingerprint density at radius 1 is 0.964 bits per heavy atom. The van der Waals surface area contributed by atoms with Gasteiger partial charge in [0.05, 0.1) is 6.61 Å². The summed E-state index contributed by atoms with van der Waals surface area (Å²) in [6, 6.07) is 9.13. The number of halogens is 1. The standard InChI is InChI=1S/C24H36N2O.ClH/c1-27-20-19-25-15-17-26(18-16-25)23-8-4-3-7-22(23)21-9-13-24(14-10-21)11-5-2-6-12-24;/h3-4,7-9H,2,5-6,10-20H2,1H3;1H. The van der Waals surface area contributed by atoms with E-state index >= 15 is 0 Å². The summed E-state index contributed by atoms with van der Waals surface area (Å²) in [5.41, 5.74) is 5.19. The highest BCUT2D eigenvalue weighted by atomic mass is 35.5. The van der Waals surface area contributed by atoms with Gasteiger partial charge in [0.25, 0.3) is 0 Å². The third-order valence-corrected chi connectivity index (χ3v) is 7.19. The van der Waals surface area contributed by atoms with Crippen LogP contribution in [0.2, 0.25) is 0 Å². The summed E-state index contributed by atoms with van der Waals surface area (Å²) >= 11 is 0. The fourth-order valence-corrected chi connectivity index (χ4v) is 5.40. The Morgan fingerprint density at radius 3 is 2.39 bits per heavy atom. The molecular formula is C24H37ClN2O. The smallest absolute Gasteiger partial charge is 0.0589 e. The first-order valence-corrected chi connectivity index (χ1v) is 11.0. The van der Waals surface area contributed by atoms with E-state index in [0.29, 0.717) is 5.41 Å². The maximum atomic E-state index is 5.24. The van der Waals surface area contributed by atoms with Gasteiger partial charge in [-0.3, -0.25) is 4.90 Å². The third-order valence-electron chi connectivity index (χ3n) is 7.19. The van der Waals surface area contributed by atoms with Crippen LogP contribution in [0.5, 0.6) is 0 Å². The molecule has 3 nitrogen and oxygen atoms in total. The fourth-order valence-electron chi connectivity index (χ4n) is 5.40. The van der Waals surface area contributed by atoms with Crippen molar-refractivity contribution in [1.82, 2.24) is 4.90 Å². The maximum Gasteiger partial charge on any atom is 0.0589 e. The van der Waals surface area contributed by atoms with Crippen molar-refractivity contribution in [1.29, 1.82) is 0 Å². The summed E-state index contributed by atoms with van der Waals surface area (Å²) in [7, 11) is 1.79. The molecule has 1 aromatic rings. The quantitative estimate of drug-likeness (QED) is 0.653. The molecule has 1 spiro atoms. The van der Waals surface area contributed by atoms with E-state index in [-0.39, 0.29) is 12.4 Å². The van der Waals surface area contributed by atoms with Gasteiger partial charge in [-0.1, -0.05) is 43.5 Å². The summed E-state index contributed by atoms with van der Waals surface area (Å²) in [5.74, 6) is 0. The topological polar surface area (TPSA) is 15.7 Å². The van der Waals surface area contributed by atoms with Crippen molar-refractivity contribution < 1.29 is 4.74 Å². The minimum atomic E-state index is 0. The number of methoxy groups -OCH3 is 1. The molecule has 0 amide bonds. The van der Waals surface area contributed by atoms with E-state index in [1.54, 1.807) is 12.7 Å². The molecule has 3 aliphatic rings. The normalized spacial score (nSPS) is 22.6. The van der Waals surface area contributed by atoms with E-state index in [0.717, 1.165) is 39.3 Å². The van der Waals surface area contributed by atoms with Gasteiger partial charge in [-0.05, 0) is 49.2 Å². The van der Waals surface area contributed by atoms with Crippen molar-refractivity contribution in [2.45, 2.75) is 51.4 Å². The second-order valence-corrected chi connectivity index (χ2v) is 8.83. The molecule has 1 aromatic carbocycles. The number of rotatable bonds is 5. The molecule has 0 atom stereocenters. The fraction of sp³-hybridized carbons (Fsp3) is 0.667. The molecule has 0 N–H and O–H groups in total. The molecular weight excluding hydrogens is 368 g/mol. The highest BCUT2D eigenvalue weighted by Gasteiger charge is 2.33. The Bertz CT molecular complexity index is 646. The number of anilines is 1. The molecule has 2 aliphatic carbocycles. The SMILES string of the molecule is COCCN1CCN(c2ccccc2C2=CCC3(CCCCC3)CC2)CC1.Cl. The Hall–Kier alpha value is -1.03. The summed E-state index contributed by atoms with van der Waals surface area (Å²) < 4.78 is 5.24. The second kappa shape index (κ2) is 10.1. The van der Waals surface area contributed by atoms with Gasteiger partial charge in [0.2, 0.25) is 0 Å². The van der Waals surface area contributed by atoms with Crippen LogP contribution in [0.25, 0.3) is 5.57 Å². The van der Waals surface area contributed by atoms with Crippen LogP contribution in [0.1, 0.15) is 56.9 Å². The van der Waals surface area contributed by atoms with Crippen LogP contribution >= 0.6 is 12.4 Å². The number of benzene rings is 1. The molecule has 1 saturated carbocycles. The molecule has 1 saturated heterocycles. The highest BCUT2D eigenvalue weighted by Crippen LogP contribution is 2.49. The Morgan fingerprint density at radius 2 is 1.71 bits per heavy atom. The van der Waals surface area contributed by atoms with Gasteiger partial charge in [0.1, 0.15) is 0 Å². The summed E-state index contributed by atoms with van der Waals surface area (Å²) in [6.45, 7) is 6.42. The van der Waals surface area contributed by atoms with E-state index in [2.05, 4.69) is 40.1 Å². The lowest BCUT2D eigenvalue weighted by atomic mass is 9.65. The largest absolute Gasteiger partial charge is 0.383 e. The average Bonchev–Trinajstić information content (AvgIpc) is 2.74. The van der Waals surface area contributed by atoms with E-state index in [4.69, 9.17) is 4.74 Å².